The van der Waals surface area contributed by atoms with Crippen LogP contribution in [0.1, 0.15) is 47.5 Å². The number of methoxy groups -OCH3 is 1. The summed E-state index contributed by atoms with van der Waals surface area (Å²) in [6, 6.07) is 6.90. The van der Waals surface area contributed by atoms with Gasteiger partial charge in [-0.3, -0.25) is 19.3 Å². The summed E-state index contributed by atoms with van der Waals surface area (Å²) >= 11 is 0. The molecule has 1 aliphatic heterocycles. The molecule has 1 N–H and O–H groups in total. The topological polar surface area (TPSA) is 110 Å². The van der Waals surface area contributed by atoms with Gasteiger partial charge in [-0.1, -0.05) is 18.2 Å². The molecule has 2 aromatic rings. The number of rotatable bonds is 6. The fourth-order valence-electron chi connectivity index (χ4n) is 3.38. The number of imide groups is 1. The van der Waals surface area contributed by atoms with Gasteiger partial charge in [0.25, 0.3) is 11.8 Å². The molecule has 9 heteroatoms. The molecule has 8 nitrogen and oxygen atoms in total. The van der Waals surface area contributed by atoms with Gasteiger partial charge in [0.15, 0.2) is 0 Å². The predicted octanol–water partition coefficient (Wildman–Crippen LogP) is 2.34. The molecular formula is C21H22N2O6S. The highest BCUT2D eigenvalue weighted by molar-refractivity contribution is 7.90. The number of hydrogen-bond donors (Lipinski definition) is 1. The summed E-state index contributed by atoms with van der Waals surface area (Å²) in [5.41, 5.74) is -2.42. The van der Waals surface area contributed by atoms with E-state index >= 15 is 0 Å². The Morgan fingerprint density at radius 2 is 1.93 bits per heavy atom. The van der Waals surface area contributed by atoms with E-state index < -0.39 is 39.3 Å². The molecule has 0 aliphatic carbocycles. The molecule has 30 heavy (non-hydrogen) atoms. The first-order valence-electron chi connectivity index (χ1n) is 9.94. The van der Waals surface area contributed by atoms with Gasteiger partial charge in [-0.25, -0.2) is 8.42 Å². The molecule has 0 bridgehead atoms. The molecule has 0 fully saturated rings. The minimum atomic E-state index is -4.39. The van der Waals surface area contributed by atoms with Crippen LogP contribution >= 0.6 is 0 Å². The highest BCUT2D eigenvalue weighted by Crippen LogP contribution is 2.36. The minimum Gasteiger partial charge on any atom is -0.496 e. The van der Waals surface area contributed by atoms with E-state index in [-0.39, 0.29) is 22.4 Å². The van der Waals surface area contributed by atoms with Crippen LogP contribution in [-0.2, 0) is 14.6 Å². The van der Waals surface area contributed by atoms with Gasteiger partial charge >= 0.3 is 0 Å². The van der Waals surface area contributed by atoms with Gasteiger partial charge < -0.3 is 10.1 Å². The fourth-order valence-corrected chi connectivity index (χ4v) is 4.02. The average molecular weight is 432 g/mol. The zero-order valence-corrected chi connectivity index (χ0v) is 17.7. The molecule has 3 rings (SSSR count). The smallest absolute Gasteiger partial charge is 0.264 e. The Hall–Kier alpha value is -3.20. The molecule has 1 atom stereocenters. The summed E-state index contributed by atoms with van der Waals surface area (Å²) < 4.78 is 46.8. The molecule has 0 radical (unpaired) electrons. The molecule has 0 saturated heterocycles. The summed E-state index contributed by atoms with van der Waals surface area (Å²) in [5.74, 6) is -1.75. The highest BCUT2D eigenvalue weighted by atomic mass is 32.2. The Labute approximate surface area is 177 Å². The van der Waals surface area contributed by atoms with Gasteiger partial charge in [-0.2, -0.15) is 0 Å². The molecule has 2 aromatic carbocycles. The lowest BCUT2D eigenvalue weighted by atomic mass is 10.0. The number of fused-ring (bicyclic) bond motifs is 1. The number of nitrogens with zero attached hydrogens (tertiary/aromatic N) is 1. The maximum atomic E-state index is 13.4. The first-order valence-corrected chi connectivity index (χ1v) is 10.8. The van der Waals surface area contributed by atoms with Crippen LogP contribution in [0.5, 0.6) is 5.75 Å². The molecule has 158 valence electrons. The van der Waals surface area contributed by atoms with E-state index in [0.717, 1.165) is 0 Å². The number of carbonyl (C=O) groups is 3. The van der Waals surface area contributed by atoms with Crippen molar-refractivity contribution in [2.45, 2.75) is 19.9 Å². The van der Waals surface area contributed by atoms with Crippen molar-refractivity contribution in [1.82, 2.24) is 4.90 Å². The van der Waals surface area contributed by atoms with Crippen molar-refractivity contribution in [2.75, 3.05) is 24.4 Å². The van der Waals surface area contributed by atoms with Crippen molar-refractivity contribution in [3.05, 3.63) is 58.7 Å². The SMILES string of the molecule is [2H]C([2H])([C@H](c1ccc(OC)c(C)c1)N1C(=O)c2cccc(NC(C)=O)c2C1=O)S(C)(=O)=O. The van der Waals surface area contributed by atoms with Crippen molar-refractivity contribution in [3.8, 4) is 5.75 Å². The van der Waals surface area contributed by atoms with Gasteiger partial charge in [-0.05, 0) is 36.2 Å². The van der Waals surface area contributed by atoms with Gasteiger partial charge in [0, 0.05) is 15.9 Å². The number of nitrogens with one attached hydrogen (secondary N) is 1. The summed E-state index contributed by atoms with van der Waals surface area (Å²) in [6.45, 7) is 2.91. The minimum absolute atomic E-state index is 0.0548. The molecule has 0 spiro atoms. The summed E-state index contributed by atoms with van der Waals surface area (Å²) in [5, 5.41) is 2.48. The number of carbonyl (C=O) groups excluding carboxylic acids is 3. The largest absolute Gasteiger partial charge is 0.496 e. The number of amides is 3. The first-order chi connectivity index (χ1) is 14.8. The van der Waals surface area contributed by atoms with E-state index in [9.17, 15) is 22.8 Å². The van der Waals surface area contributed by atoms with Gasteiger partial charge in [0.2, 0.25) is 5.91 Å². The van der Waals surface area contributed by atoms with E-state index in [4.69, 9.17) is 7.48 Å². The first kappa shape index (κ1) is 18.8. The predicted molar refractivity (Wildman–Crippen MR) is 111 cm³/mol. The monoisotopic (exact) mass is 432 g/mol. The molecule has 1 heterocycles. The van der Waals surface area contributed by atoms with Crippen LogP contribution in [0.25, 0.3) is 0 Å². The summed E-state index contributed by atoms with van der Waals surface area (Å²) in [7, 11) is -2.95. The Morgan fingerprint density at radius 1 is 1.23 bits per heavy atom. The second-order valence-electron chi connectivity index (χ2n) is 6.91. The Morgan fingerprint density at radius 3 is 2.50 bits per heavy atom. The third-order valence-corrected chi connectivity index (χ3v) is 5.23. The Balaban J connectivity index is 2.24. The molecule has 0 unspecified atom stereocenters. The molecule has 0 saturated carbocycles. The lowest BCUT2D eigenvalue weighted by molar-refractivity contribution is -0.114. The normalized spacial score (nSPS) is 15.9. The molecular weight excluding hydrogens is 408 g/mol. The Kier molecular flexibility index (Phi) is 4.96. The van der Waals surface area contributed by atoms with Crippen LogP contribution in [0.3, 0.4) is 0 Å². The van der Waals surface area contributed by atoms with Gasteiger partial charge in [-0.15, -0.1) is 0 Å². The lowest BCUT2D eigenvalue weighted by Gasteiger charge is -2.26. The van der Waals surface area contributed by atoms with E-state index in [1.165, 1.54) is 50.4 Å². The van der Waals surface area contributed by atoms with E-state index in [1.54, 1.807) is 6.92 Å². The zero-order valence-electron chi connectivity index (χ0n) is 18.8. The quantitative estimate of drug-likeness (QED) is 0.702. The Bertz CT molecular complexity index is 1240. The van der Waals surface area contributed by atoms with E-state index in [2.05, 4.69) is 5.32 Å². The number of ether oxygens (including phenoxy) is 1. The molecule has 0 aromatic heterocycles. The van der Waals surface area contributed by atoms with Crippen LogP contribution < -0.4 is 10.1 Å². The average Bonchev–Trinajstić information content (AvgIpc) is 2.93. The van der Waals surface area contributed by atoms with Gasteiger partial charge in [0.1, 0.15) is 15.6 Å². The number of sulfone groups is 1. The molecule has 3 amide bonds. The number of anilines is 1. The van der Waals surface area contributed by atoms with E-state index in [1.807, 2.05) is 0 Å². The van der Waals surface area contributed by atoms with Gasteiger partial charge in [0.05, 0.1) is 35.7 Å². The second kappa shape index (κ2) is 7.91. The van der Waals surface area contributed by atoms with Crippen molar-refractivity contribution >= 4 is 33.2 Å². The van der Waals surface area contributed by atoms with Crippen molar-refractivity contribution in [3.63, 3.8) is 0 Å². The highest BCUT2D eigenvalue weighted by Gasteiger charge is 2.43. The number of aryl methyl sites for hydroxylation is 1. The summed E-state index contributed by atoms with van der Waals surface area (Å²) in [4.78, 5) is 38.8. The third-order valence-electron chi connectivity index (χ3n) is 4.58. The maximum absolute atomic E-state index is 13.4. The van der Waals surface area contributed by atoms with Crippen LogP contribution in [0.2, 0.25) is 0 Å². The lowest BCUT2D eigenvalue weighted by Crippen LogP contribution is -2.37. The van der Waals surface area contributed by atoms with Crippen LogP contribution in [0.4, 0.5) is 5.69 Å². The maximum Gasteiger partial charge on any atom is 0.264 e. The van der Waals surface area contributed by atoms with Crippen LogP contribution in [-0.4, -0.2) is 50.1 Å². The fraction of sp³-hybridized carbons (Fsp3) is 0.286. The molecule has 1 aliphatic rings. The number of hydrogen-bond acceptors (Lipinski definition) is 6. The zero-order chi connectivity index (χ0) is 24.0. The standard InChI is InChI=1S/C21H22N2O6S/c1-12-10-14(8-9-18(12)29-3)17(11-30(4,27)28)23-20(25)15-6-5-7-16(22-13(2)24)19(15)21(23)26/h5-10,17H,11H2,1-4H3,(H,22,24)/t17-/m1/s1/i11D2. The number of benzene rings is 2. The van der Waals surface area contributed by atoms with Crippen LogP contribution in [0, 0.1) is 6.92 Å². The van der Waals surface area contributed by atoms with Crippen molar-refractivity contribution in [1.29, 1.82) is 0 Å². The van der Waals surface area contributed by atoms with Crippen molar-refractivity contribution in [2.24, 2.45) is 0 Å². The van der Waals surface area contributed by atoms with E-state index in [0.29, 0.717) is 22.5 Å². The second-order valence-corrected chi connectivity index (χ2v) is 8.69. The van der Waals surface area contributed by atoms with Crippen molar-refractivity contribution < 1.29 is 30.3 Å². The summed E-state index contributed by atoms with van der Waals surface area (Å²) in [6.07, 6.45) is 0.706. The van der Waals surface area contributed by atoms with Crippen LogP contribution in [0.15, 0.2) is 36.4 Å². The third kappa shape index (κ3) is 4.06.